The van der Waals surface area contributed by atoms with E-state index in [0.717, 1.165) is 11.1 Å². The molecule has 2 heteroatoms. The summed E-state index contributed by atoms with van der Waals surface area (Å²) in [5.41, 5.74) is 1.21. The first-order chi connectivity index (χ1) is 7.79. The van der Waals surface area contributed by atoms with Gasteiger partial charge in [-0.15, -0.1) is 0 Å². The number of nitriles is 2. The highest BCUT2D eigenvalue weighted by atomic mass is 14.4. The van der Waals surface area contributed by atoms with Crippen molar-refractivity contribution >= 4 is 5.57 Å². The molecule has 1 aromatic carbocycles. The molecule has 76 valence electrons. The van der Waals surface area contributed by atoms with E-state index < -0.39 is 5.41 Å². The number of allylic oxidation sites excluding steroid dienone is 4. The van der Waals surface area contributed by atoms with E-state index in [4.69, 9.17) is 10.5 Å². The van der Waals surface area contributed by atoms with E-state index in [1.807, 2.05) is 54.6 Å². The Bertz CT molecular complexity index is 510. The van der Waals surface area contributed by atoms with Gasteiger partial charge in [0.2, 0.25) is 0 Å². The van der Waals surface area contributed by atoms with Gasteiger partial charge in [0.1, 0.15) is 0 Å². The van der Waals surface area contributed by atoms with Crippen LogP contribution in [0.2, 0.25) is 0 Å². The van der Waals surface area contributed by atoms with Crippen molar-refractivity contribution < 1.29 is 0 Å². The van der Waals surface area contributed by atoms with Crippen LogP contribution in [0.15, 0.2) is 48.6 Å². The first-order valence-electron chi connectivity index (χ1n) is 5.07. The summed E-state index contributed by atoms with van der Waals surface area (Å²) in [4.78, 5) is 0. The maximum absolute atomic E-state index is 8.95. The van der Waals surface area contributed by atoms with Gasteiger partial charge in [0, 0.05) is 6.42 Å². The highest BCUT2D eigenvalue weighted by Crippen LogP contribution is 2.31. The quantitative estimate of drug-likeness (QED) is 0.708. The van der Waals surface area contributed by atoms with Crippen molar-refractivity contribution in [2.45, 2.75) is 6.42 Å². The summed E-state index contributed by atoms with van der Waals surface area (Å²) < 4.78 is 0. The summed E-state index contributed by atoms with van der Waals surface area (Å²) >= 11 is 0. The summed E-state index contributed by atoms with van der Waals surface area (Å²) in [6.45, 7) is 0. The minimum Gasteiger partial charge on any atom is -0.196 e. The minimum atomic E-state index is -0.974. The molecule has 0 spiro atoms. The van der Waals surface area contributed by atoms with Crippen molar-refractivity contribution in [3.8, 4) is 12.1 Å². The van der Waals surface area contributed by atoms with Gasteiger partial charge in [0.15, 0.2) is 5.41 Å². The highest BCUT2D eigenvalue weighted by molar-refractivity contribution is 5.75. The number of rotatable bonds is 1. The zero-order valence-corrected chi connectivity index (χ0v) is 8.72. The van der Waals surface area contributed by atoms with E-state index in [-0.39, 0.29) is 0 Å². The van der Waals surface area contributed by atoms with Crippen LogP contribution in [0.25, 0.3) is 5.57 Å². The molecule has 0 heterocycles. The Hall–Kier alpha value is -2.32. The second kappa shape index (κ2) is 4.04. The third-order valence-corrected chi connectivity index (χ3v) is 2.70. The minimum absolute atomic E-state index is 0.459. The summed E-state index contributed by atoms with van der Waals surface area (Å²) in [7, 11) is 0. The van der Waals surface area contributed by atoms with E-state index in [1.54, 1.807) is 6.08 Å². The fourth-order valence-corrected chi connectivity index (χ4v) is 1.67. The molecule has 0 radical (unpaired) electrons. The molecular formula is C14H10N2. The molecule has 0 fully saturated rings. The van der Waals surface area contributed by atoms with Crippen molar-refractivity contribution in [1.82, 2.24) is 0 Å². The zero-order valence-electron chi connectivity index (χ0n) is 8.72. The first-order valence-corrected chi connectivity index (χ1v) is 5.07. The predicted molar refractivity (Wildman–Crippen MR) is 61.8 cm³/mol. The van der Waals surface area contributed by atoms with E-state index in [0.29, 0.717) is 6.42 Å². The van der Waals surface area contributed by atoms with Gasteiger partial charge in [0.05, 0.1) is 12.1 Å². The fourth-order valence-electron chi connectivity index (χ4n) is 1.67. The van der Waals surface area contributed by atoms with E-state index in [2.05, 4.69) is 0 Å². The van der Waals surface area contributed by atoms with Crippen LogP contribution in [0.5, 0.6) is 0 Å². The number of benzene rings is 1. The van der Waals surface area contributed by atoms with Crippen LogP contribution in [-0.2, 0) is 0 Å². The Labute approximate surface area is 94.8 Å². The van der Waals surface area contributed by atoms with Crippen molar-refractivity contribution in [3.05, 3.63) is 54.1 Å². The topological polar surface area (TPSA) is 47.6 Å². The van der Waals surface area contributed by atoms with Crippen molar-refractivity contribution in [2.24, 2.45) is 5.41 Å². The molecule has 0 bridgehead atoms. The van der Waals surface area contributed by atoms with E-state index >= 15 is 0 Å². The number of hydrogen-bond donors (Lipinski definition) is 0. The van der Waals surface area contributed by atoms with Crippen LogP contribution in [0.1, 0.15) is 12.0 Å². The Morgan fingerprint density at radius 3 is 2.25 bits per heavy atom. The molecule has 0 aliphatic heterocycles. The Morgan fingerprint density at radius 2 is 1.75 bits per heavy atom. The third-order valence-electron chi connectivity index (χ3n) is 2.70. The molecule has 0 aromatic heterocycles. The molecular weight excluding hydrogens is 196 g/mol. The number of hydrogen-bond acceptors (Lipinski definition) is 2. The normalized spacial score (nSPS) is 17.0. The van der Waals surface area contributed by atoms with Crippen LogP contribution in [0.4, 0.5) is 0 Å². The Balaban J connectivity index is 2.28. The maximum atomic E-state index is 8.95. The van der Waals surface area contributed by atoms with Crippen LogP contribution in [-0.4, -0.2) is 0 Å². The Morgan fingerprint density at radius 1 is 1.06 bits per heavy atom. The van der Waals surface area contributed by atoms with Gasteiger partial charge >= 0.3 is 0 Å². The molecule has 1 aromatic rings. The standard InChI is InChI=1S/C14H10N2/c15-10-14(11-16)8-6-13(7-9-14)12-4-2-1-3-5-12/h1-8H,9H2. The molecule has 2 nitrogen and oxygen atoms in total. The molecule has 2 rings (SSSR count). The fraction of sp³-hybridized carbons (Fsp3) is 0.143. The van der Waals surface area contributed by atoms with Crippen LogP contribution >= 0.6 is 0 Å². The summed E-state index contributed by atoms with van der Waals surface area (Å²) in [5.74, 6) is 0. The molecule has 0 saturated heterocycles. The van der Waals surface area contributed by atoms with Crippen LogP contribution in [0.3, 0.4) is 0 Å². The smallest absolute Gasteiger partial charge is 0.165 e. The van der Waals surface area contributed by atoms with Crippen LogP contribution in [0, 0.1) is 28.1 Å². The summed E-state index contributed by atoms with van der Waals surface area (Å²) in [6.07, 6.45) is 5.95. The molecule has 0 saturated carbocycles. The molecule has 0 unspecified atom stereocenters. The van der Waals surface area contributed by atoms with Gasteiger partial charge in [-0.1, -0.05) is 42.5 Å². The second-order valence-corrected chi connectivity index (χ2v) is 3.76. The van der Waals surface area contributed by atoms with Gasteiger partial charge in [0.25, 0.3) is 0 Å². The molecule has 0 atom stereocenters. The van der Waals surface area contributed by atoms with Gasteiger partial charge in [-0.05, 0) is 17.2 Å². The lowest BCUT2D eigenvalue weighted by atomic mass is 9.82. The highest BCUT2D eigenvalue weighted by Gasteiger charge is 2.27. The van der Waals surface area contributed by atoms with Crippen LogP contribution < -0.4 is 0 Å². The van der Waals surface area contributed by atoms with Crippen molar-refractivity contribution in [1.29, 1.82) is 10.5 Å². The van der Waals surface area contributed by atoms with E-state index in [9.17, 15) is 0 Å². The lowest BCUT2D eigenvalue weighted by Crippen LogP contribution is -2.13. The van der Waals surface area contributed by atoms with Crippen molar-refractivity contribution in [2.75, 3.05) is 0 Å². The SMILES string of the molecule is N#CC1(C#N)C=CC(c2ccccc2)=CC1. The molecule has 0 N–H and O–H groups in total. The lowest BCUT2D eigenvalue weighted by Gasteiger charge is -2.17. The van der Waals surface area contributed by atoms with Gasteiger partial charge in [-0.25, -0.2) is 0 Å². The maximum Gasteiger partial charge on any atom is 0.165 e. The van der Waals surface area contributed by atoms with E-state index in [1.165, 1.54) is 0 Å². The zero-order chi connectivity index (χ0) is 11.4. The number of nitrogens with zero attached hydrogens (tertiary/aromatic N) is 2. The largest absolute Gasteiger partial charge is 0.196 e. The second-order valence-electron chi connectivity index (χ2n) is 3.76. The summed E-state index contributed by atoms with van der Waals surface area (Å²) in [6, 6.07) is 14.0. The predicted octanol–water partition coefficient (Wildman–Crippen LogP) is 3.06. The van der Waals surface area contributed by atoms with Crippen molar-refractivity contribution in [3.63, 3.8) is 0 Å². The third kappa shape index (κ3) is 1.74. The van der Waals surface area contributed by atoms with Gasteiger partial charge in [-0.2, -0.15) is 10.5 Å². The summed E-state index contributed by atoms with van der Waals surface area (Å²) in [5, 5.41) is 17.9. The average Bonchev–Trinajstić information content (AvgIpc) is 2.40. The van der Waals surface area contributed by atoms with Gasteiger partial charge in [-0.3, -0.25) is 0 Å². The average molecular weight is 206 g/mol. The molecule has 0 amide bonds. The first kappa shape index (κ1) is 10.2. The lowest BCUT2D eigenvalue weighted by molar-refractivity contribution is 0.670. The van der Waals surface area contributed by atoms with Gasteiger partial charge < -0.3 is 0 Å². The monoisotopic (exact) mass is 206 g/mol. The molecule has 16 heavy (non-hydrogen) atoms. The molecule has 1 aliphatic carbocycles. The molecule has 1 aliphatic rings. The Kier molecular flexibility index (Phi) is 2.58.